The van der Waals surface area contributed by atoms with Crippen LogP contribution >= 0.6 is 0 Å². The smallest absolute Gasteiger partial charge is 0.340 e. The van der Waals surface area contributed by atoms with Crippen molar-refractivity contribution in [2.75, 3.05) is 5.32 Å². The summed E-state index contributed by atoms with van der Waals surface area (Å²) in [4.78, 5) is 19.4. The van der Waals surface area contributed by atoms with Crippen molar-refractivity contribution in [1.29, 1.82) is 0 Å². The Balaban J connectivity index is 1.67. The van der Waals surface area contributed by atoms with Crippen molar-refractivity contribution in [2.24, 2.45) is 0 Å². The molecule has 2 heterocycles. The van der Waals surface area contributed by atoms with E-state index in [4.69, 9.17) is 13.9 Å². The number of aliphatic hydroxyl groups is 1. The summed E-state index contributed by atoms with van der Waals surface area (Å²) in [6.07, 6.45) is 0. The Morgan fingerprint density at radius 2 is 1.65 bits per heavy atom. The SMILES string of the molecule is CC(O)(C(=O)O)c1ccc2oc(Nc3nc4cc(F)ccc4o3)nc2c1. The van der Waals surface area contributed by atoms with Gasteiger partial charge in [-0.3, -0.25) is 5.32 Å². The fourth-order valence-electron chi connectivity index (χ4n) is 2.45. The molecule has 0 saturated heterocycles. The molecule has 0 bridgehead atoms. The van der Waals surface area contributed by atoms with Gasteiger partial charge in [0.1, 0.15) is 16.9 Å². The van der Waals surface area contributed by atoms with E-state index in [0.717, 1.165) is 0 Å². The van der Waals surface area contributed by atoms with Gasteiger partial charge in [-0.2, -0.15) is 9.97 Å². The summed E-state index contributed by atoms with van der Waals surface area (Å²) >= 11 is 0. The molecule has 0 saturated carbocycles. The molecule has 2 aromatic carbocycles. The first-order chi connectivity index (χ1) is 12.3. The number of anilines is 2. The van der Waals surface area contributed by atoms with E-state index < -0.39 is 17.4 Å². The molecule has 0 fully saturated rings. The van der Waals surface area contributed by atoms with Crippen molar-refractivity contribution in [3.63, 3.8) is 0 Å². The molecule has 1 unspecified atom stereocenters. The lowest BCUT2D eigenvalue weighted by atomic mass is 9.96. The monoisotopic (exact) mass is 357 g/mol. The Hall–Kier alpha value is -3.46. The normalized spacial score (nSPS) is 13.8. The summed E-state index contributed by atoms with van der Waals surface area (Å²) in [6.45, 7) is 1.17. The van der Waals surface area contributed by atoms with E-state index >= 15 is 0 Å². The van der Waals surface area contributed by atoms with Crippen molar-refractivity contribution in [2.45, 2.75) is 12.5 Å². The molecule has 0 spiro atoms. The van der Waals surface area contributed by atoms with Gasteiger partial charge in [0.05, 0.1) is 0 Å². The Kier molecular flexibility index (Phi) is 3.41. The molecular weight excluding hydrogens is 345 g/mol. The van der Waals surface area contributed by atoms with Crippen LogP contribution in [0.2, 0.25) is 0 Å². The summed E-state index contributed by atoms with van der Waals surface area (Å²) in [5.41, 5.74) is -0.443. The second-order valence-electron chi connectivity index (χ2n) is 5.83. The van der Waals surface area contributed by atoms with Gasteiger partial charge in [0.15, 0.2) is 16.8 Å². The highest BCUT2D eigenvalue weighted by Gasteiger charge is 2.32. The number of carboxylic acid groups (broad SMARTS) is 1. The van der Waals surface area contributed by atoms with Crippen LogP contribution in [0.25, 0.3) is 22.2 Å². The average Bonchev–Trinajstić information content (AvgIpc) is 3.16. The Morgan fingerprint density at radius 3 is 2.27 bits per heavy atom. The van der Waals surface area contributed by atoms with Crippen molar-refractivity contribution in [3.8, 4) is 0 Å². The number of halogens is 1. The number of aliphatic carboxylic acids is 1. The number of hydrogen-bond acceptors (Lipinski definition) is 7. The van der Waals surface area contributed by atoms with E-state index in [1.54, 1.807) is 0 Å². The molecule has 0 aliphatic carbocycles. The summed E-state index contributed by atoms with van der Waals surface area (Å²) in [7, 11) is 0. The largest absolute Gasteiger partial charge is 0.479 e. The molecular formula is C17H12FN3O5. The number of carboxylic acids is 1. The number of nitrogens with one attached hydrogen (secondary N) is 1. The van der Waals surface area contributed by atoms with Crippen LogP contribution in [0.3, 0.4) is 0 Å². The predicted octanol–water partition coefficient (Wildman–Crippen LogP) is 3.14. The van der Waals surface area contributed by atoms with Crippen LogP contribution in [0.5, 0.6) is 0 Å². The van der Waals surface area contributed by atoms with Crippen LogP contribution in [-0.2, 0) is 10.4 Å². The zero-order valence-corrected chi connectivity index (χ0v) is 13.4. The minimum Gasteiger partial charge on any atom is -0.479 e. The molecule has 1 atom stereocenters. The van der Waals surface area contributed by atoms with Crippen LogP contribution in [0.4, 0.5) is 16.4 Å². The van der Waals surface area contributed by atoms with Gasteiger partial charge in [-0.1, -0.05) is 6.07 Å². The van der Waals surface area contributed by atoms with E-state index in [9.17, 15) is 14.3 Å². The Bertz CT molecular complexity index is 1150. The molecule has 2 aromatic heterocycles. The number of rotatable bonds is 4. The zero-order chi connectivity index (χ0) is 18.5. The number of carbonyl (C=O) groups is 1. The van der Waals surface area contributed by atoms with Crippen molar-refractivity contribution in [3.05, 3.63) is 47.8 Å². The van der Waals surface area contributed by atoms with E-state index in [1.165, 1.54) is 43.3 Å². The molecule has 3 N–H and O–H groups in total. The van der Waals surface area contributed by atoms with Gasteiger partial charge in [0.2, 0.25) is 0 Å². The number of oxazole rings is 2. The summed E-state index contributed by atoms with van der Waals surface area (Å²) in [5.74, 6) is -1.81. The lowest BCUT2D eigenvalue weighted by Gasteiger charge is -2.17. The first-order valence-corrected chi connectivity index (χ1v) is 7.53. The molecule has 4 rings (SSSR count). The minimum atomic E-state index is -2.05. The fraction of sp³-hybridized carbons (Fsp3) is 0.118. The molecule has 26 heavy (non-hydrogen) atoms. The van der Waals surface area contributed by atoms with Crippen LogP contribution in [-0.4, -0.2) is 26.2 Å². The maximum absolute atomic E-state index is 13.2. The summed E-state index contributed by atoms with van der Waals surface area (Å²) in [5, 5.41) is 21.9. The third-order valence-corrected chi connectivity index (χ3v) is 3.93. The predicted molar refractivity (Wildman–Crippen MR) is 88.5 cm³/mol. The molecule has 9 heteroatoms. The first kappa shape index (κ1) is 16.0. The lowest BCUT2D eigenvalue weighted by molar-refractivity contribution is -0.157. The molecule has 0 aliphatic heterocycles. The molecule has 132 valence electrons. The number of benzene rings is 2. The first-order valence-electron chi connectivity index (χ1n) is 7.53. The number of hydrogen-bond donors (Lipinski definition) is 3. The standard InChI is InChI=1S/C17H12FN3O5/c1-17(24,14(22)23)8-2-4-12-10(6-8)19-15(25-12)21-16-20-11-7-9(18)3-5-13(11)26-16/h2-7,24H,1H3,(H,22,23)(H,19,20,21). The Labute approximate surface area is 144 Å². The van der Waals surface area contributed by atoms with Gasteiger partial charge >= 0.3 is 18.0 Å². The quantitative estimate of drug-likeness (QED) is 0.509. The second-order valence-corrected chi connectivity index (χ2v) is 5.83. The highest BCUT2D eigenvalue weighted by molar-refractivity contribution is 5.82. The van der Waals surface area contributed by atoms with Gasteiger partial charge in [-0.05, 0) is 36.8 Å². The van der Waals surface area contributed by atoms with E-state index in [2.05, 4.69) is 15.3 Å². The molecule has 0 aliphatic rings. The minimum absolute atomic E-state index is 0.0548. The van der Waals surface area contributed by atoms with Gasteiger partial charge in [0.25, 0.3) is 0 Å². The molecule has 0 amide bonds. The van der Waals surface area contributed by atoms with Gasteiger partial charge < -0.3 is 19.0 Å². The van der Waals surface area contributed by atoms with Crippen LogP contribution in [0.1, 0.15) is 12.5 Å². The molecule has 8 nitrogen and oxygen atoms in total. The molecule has 4 aromatic rings. The van der Waals surface area contributed by atoms with E-state index in [-0.39, 0.29) is 17.6 Å². The number of fused-ring (bicyclic) bond motifs is 2. The maximum Gasteiger partial charge on any atom is 0.340 e. The van der Waals surface area contributed by atoms with Gasteiger partial charge in [-0.25, -0.2) is 9.18 Å². The molecule has 0 radical (unpaired) electrons. The second kappa shape index (κ2) is 5.53. The van der Waals surface area contributed by atoms with Gasteiger partial charge in [0, 0.05) is 6.07 Å². The van der Waals surface area contributed by atoms with E-state index in [1.807, 2.05) is 0 Å². The summed E-state index contributed by atoms with van der Waals surface area (Å²) < 4.78 is 24.1. The van der Waals surface area contributed by atoms with Crippen molar-refractivity contribution in [1.82, 2.24) is 9.97 Å². The van der Waals surface area contributed by atoms with Crippen molar-refractivity contribution < 1.29 is 28.2 Å². The highest BCUT2D eigenvalue weighted by atomic mass is 19.1. The third kappa shape index (κ3) is 2.64. The van der Waals surface area contributed by atoms with Crippen LogP contribution in [0.15, 0.2) is 45.2 Å². The Morgan fingerprint density at radius 1 is 1.08 bits per heavy atom. The van der Waals surface area contributed by atoms with Crippen LogP contribution < -0.4 is 5.32 Å². The van der Waals surface area contributed by atoms with Crippen molar-refractivity contribution >= 4 is 40.2 Å². The van der Waals surface area contributed by atoms with Crippen LogP contribution in [0, 0.1) is 5.82 Å². The number of aromatic nitrogens is 2. The maximum atomic E-state index is 13.2. The third-order valence-electron chi connectivity index (χ3n) is 3.93. The zero-order valence-electron chi connectivity index (χ0n) is 13.4. The summed E-state index contributed by atoms with van der Waals surface area (Å²) in [6, 6.07) is 8.42. The highest BCUT2D eigenvalue weighted by Crippen LogP contribution is 2.28. The average molecular weight is 357 g/mol. The van der Waals surface area contributed by atoms with Gasteiger partial charge in [-0.15, -0.1) is 0 Å². The topological polar surface area (TPSA) is 122 Å². The number of nitrogens with zero attached hydrogens (tertiary/aromatic N) is 2. The van der Waals surface area contributed by atoms with E-state index in [0.29, 0.717) is 22.2 Å². The fourth-order valence-corrected chi connectivity index (χ4v) is 2.45. The lowest BCUT2D eigenvalue weighted by Crippen LogP contribution is -2.31.